The van der Waals surface area contributed by atoms with Crippen molar-refractivity contribution in [3.05, 3.63) is 36.2 Å². The Morgan fingerprint density at radius 1 is 1.07 bits per heavy atom. The number of hydrogen-bond donors (Lipinski definition) is 0. The van der Waals surface area contributed by atoms with E-state index in [0.29, 0.717) is 5.89 Å². The minimum Gasteiger partial charge on any atom is -0.494 e. The van der Waals surface area contributed by atoms with Crippen LogP contribution in [0.25, 0.3) is 11.5 Å². The zero-order valence-corrected chi connectivity index (χ0v) is 17.1. The maximum Gasteiger partial charge on any atom is 0.226 e. The lowest BCUT2D eigenvalue weighted by Gasteiger charge is -2.25. The van der Waals surface area contributed by atoms with Crippen LogP contribution in [0.3, 0.4) is 0 Å². The van der Waals surface area contributed by atoms with Crippen LogP contribution >= 0.6 is 0 Å². The van der Waals surface area contributed by atoms with Crippen molar-refractivity contribution < 1.29 is 9.15 Å². The largest absolute Gasteiger partial charge is 0.494 e. The van der Waals surface area contributed by atoms with Gasteiger partial charge in [0.15, 0.2) is 0 Å². The molecule has 5 nitrogen and oxygen atoms in total. The zero-order chi connectivity index (χ0) is 19.2. The lowest BCUT2D eigenvalue weighted by molar-refractivity contribution is 0.218. The Bertz CT molecular complexity index is 722. The third-order valence-corrected chi connectivity index (χ3v) is 6.04. The predicted octanol–water partition coefficient (Wildman–Crippen LogP) is 4.58. The molecule has 5 heteroatoms. The van der Waals surface area contributed by atoms with E-state index in [1.54, 1.807) is 6.26 Å². The second kappa shape index (κ2) is 9.57. The summed E-state index contributed by atoms with van der Waals surface area (Å²) in [6.45, 7) is 8.70. The number of oxazole rings is 1. The first-order valence-corrected chi connectivity index (χ1v) is 10.9. The Morgan fingerprint density at radius 2 is 1.89 bits per heavy atom. The maximum atomic E-state index is 5.91. The summed E-state index contributed by atoms with van der Waals surface area (Å²) in [5, 5.41) is 0. The van der Waals surface area contributed by atoms with E-state index in [0.717, 1.165) is 49.2 Å². The molecule has 0 bridgehead atoms. The SMILES string of the molecule is CC1CCCN1CCCOc1ccc(-c2nc(CN3CCCCC3)co2)cc1. The molecule has 0 saturated carbocycles. The van der Waals surface area contributed by atoms with Gasteiger partial charge in [0.05, 0.1) is 12.3 Å². The molecule has 2 saturated heterocycles. The minimum absolute atomic E-state index is 0.696. The number of hydrogen-bond acceptors (Lipinski definition) is 5. The van der Waals surface area contributed by atoms with Crippen LogP contribution in [0, 0.1) is 0 Å². The Hall–Kier alpha value is -1.85. The summed E-state index contributed by atoms with van der Waals surface area (Å²) in [5.41, 5.74) is 2.02. The molecule has 0 aliphatic carbocycles. The molecule has 3 heterocycles. The Morgan fingerprint density at radius 3 is 2.64 bits per heavy atom. The smallest absolute Gasteiger partial charge is 0.226 e. The summed E-state index contributed by atoms with van der Waals surface area (Å²) < 4.78 is 11.6. The van der Waals surface area contributed by atoms with Crippen molar-refractivity contribution in [2.45, 2.75) is 58.0 Å². The average molecular weight is 384 g/mol. The van der Waals surface area contributed by atoms with E-state index in [9.17, 15) is 0 Å². The number of benzene rings is 1. The third-order valence-electron chi connectivity index (χ3n) is 6.04. The quantitative estimate of drug-likeness (QED) is 0.624. The van der Waals surface area contributed by atoms with Crippen LogP contribution in [0.4, 0.5) is 0 Å². The van der Waals surface area contributed by atoms with Crippen LogP contribution in [-0.2, 0) is 6.54 Å². The van der Waals surface area contributed by atoms with Crippen molar-refractivity contribution in [1.82, 2.24) is 14.8 Å². The summed E-state index contributed by atoms with van der Waals surface area (Å²) >= 11 is 0. The molecule has 2 aliphatic heterocycles. The van der Waals surface area contributed by atoms with Crippen molar-refractivity contribution >= 4 is 0 Å². The first-order valence-electron chi connectivity index (χ1n) is 10.9. The van der Waals surface area contributed by atoms with E-state index in [1.807, 2.05) is 24.3 Å². The molecular weight excluding hydrogens is 350 g/mol. The van der Waals surface area contributed by atoms with Crippen molar-refractivity contribution in [1.29, 1.82) is 0 Å². The molecule has 1 aromatic heterocycles. The van der Waals surface area contributed by atoms with Crippen LogP contribution < -0.4 is 4.74 Å². The molecule has 1 atom stereocenters. The van der Waals surface area contributed by atoms with Gasteiger partial charge in [-0.25, -0.2) is 4.98 Å². The summed E-state index contributed by atoms with van der Waals surface area (Å²) in [7, 11) is 0. The van der Waals surface area contributed by atoms with Gasteiger partial charge in [-0.3, -0.25) is 4.90 Å². The topological polar surface area (TPSA) is 41.7 Å². The van der Waals surface area contributed by atoms with E-state index >= 15 is 0 Å². The minimum atomic E-state index is 0.696. The van der Waals surface area contributed by atoms with Gasteiger partial charge in [0.2, 0.25) is 5.89 Å². The first kappa shape index (κ1) is 19.5. The van der Waals surface area contributed by atoms with Gasteiger partial charge in [-0.05, 0) is 82.9 Å². The summed E-state index contributed by atoms with van der Waals surface area (Å²) in [4.78, 5) is 9.71. The predicted molar refractivity (Wildman–Crippen MR) is 111 cm³/mol. The van der Waals surface area contributed by atoms with Crippen molar-refractivity contribution in [2.75, 3.05) is 32.8 Å². The average Bonchev–Trinajstić information content (AvgIpc) is 3.36. The Balaban J connectivity index is 1.24. The van der Waals surface area contributed by atoms with Gasteiger partial charge < -0.3 is 14.1 Å². The van der Waals surface area contributed by atoms with Crippen molar-refractivity contribution in [3.63, 3.8) is 0 Å². The van der Waals surface area contributed by atoms with Gasteiger partial charge >= 0.3 is 0 Å². The van der Waals surface area contributed by atoms with E-state index in [2.05, 4.69) is 21.7 Å². The molecule has 0 N–H and O–H groups in total. The van der Waals surface area contributed by atoms with Gasteiger partial charge in [-0.1, -0.05) is 6.42 Å². The fraction of sp³-hybridized carbons (Fsp3) is 0.609. The highest BCUT2D eigenvalue weighted by Crippen LogP contribution is 2.23. The number of aromatic nitrogens is 1. The molecule has 4 rings (SSSR count). The molecule has 1 aromatic carbocycles. The molecule has 2 aromatic rings. The first-order chi connectivity index (χ1) is 13.8. The van der Waals surface area contributed by atoms with Crippen LogP contribution in [-0.4, -0.2) is 53.6 Å². The van der Waals surface area contributed by atoms with Crippen LogP contribution in [0.5, 0.6) is 5.75 Å². The highest BCUT2D eigenvalue weighted by molar-refractivity contribution is 5.54. The number of rotatable bonds is 8. The maximum absolute atomic E-state index is 5.91. The van der Waals surface area contributed by atoms with E-state index in [-0.39, 0.29) is 0 Å². The Kier molecular flexibility index (Phi) is 6.65. The van der Waals surface area contributed by atoms with Crippen molar-refractivity contribution in [2.24, 2.45) is 0 Å². The van der Waals surface area contributed by atoms with E-state index < -0.39 is 0 Å². The van der Waals surface area contributed by atoms with E-state index in [1.165, 1.54) is 51.7 Å². The molecular formula is C23H33N3O2. The number of piperidine rings is 1. The fourth-order valence-electron chi connectivity index (χ4n) is 4.34. The van der Waals surface area contributed by atoms with Gasteiger partial charge in [-0.2, -0.15) is 0 Å². The molecule has 0 amide bonds. The van der Waals surface area contributed by atoms with Crippen molar-refractivity contribution in [3.8, 4) is 17.2 Å². The second-order valence-corrected chi connectivity index (χ2v) is 8.23. The number of nitrogens with zero attached hydrogens (tertiary/aromatic N) is 3. The normalized spacial score (nSPS) is 21.2. The van der Waals surface area contributed by atoms with Crippen LogP contribution in [0.15, 0.2) is 34.9 Å². The summed E-state index contributed by atoms with van der Waals surface area (Å²) in [6.07, 6.45) is 9.49. The summed E-state index contributed by atoms with van der Waals surface area (Å²) in [6, 6.07) is 8.84. The molecule has 28 heavy (non-hydrogen) atoms. The lowest BCUT2D eigenvalue weighted by Crippen LogP contribution is -2.29. The van der Waals surface area contributed by atoms with Gasteiger partial charge in [0.25, 0.3) is 0 Å². The van der Waals surface area contributed by atoms with Crippen LogP contribution in [0.1, 0.15) is 51.1 Å². The standard InChI is InChI=1S/C23H33N3O2/c1-19-7-5-14-26(19)15-6-16-27-22-10-8-20(9-11-22)23-24-21(18-28-23)17-25-12-3-2-4-13-25/h8-11,18-19H,2-7,12-17H2,1H3. The third kappa shape index (κ3) is 5.15. The number of likely N-dealkylation sites (tertiary alicyclic amines) is 2. The van der Waals surface area contributed by atoms with Crippen LogP contribution in [0.2, 0.25) is 0 Å². The fourth-order valence-corrected chi connectivity index (χ4v) is 4.34. The van der Waals surface area contributed by atoms with Gasteiger partial charge in [0.1, 0.15) is 12.0 Å². The van der Waals surface area contributed by atoms with E-state index in [4.69, 9.17) is 9.15 Å². The number of ether oxygens (including phenoxy) is 1. The highest BCUT2D eigenvalue weighted by Gasteiger charge is 2.19. The monoisotopic (exact) mass is 383 g/mol. The lowest BCUT2D eigenvalue weighted by atomic mass is 10.1. The molecule has 1 unspecified atom stereocenters. The van der Waals surface area contributed by atoms with Gasteiger partial charge in [-0.15, -0.1) is 0 Å². The molecule has 2 aliphatic rings. The zero-order valence-electron chi connectivity index (χ0n) is 17.1. The van der Waals surface area contributed by atoms with Gasteiger partial charge in [0, 0.05) is 24.7 Å². The molecule has 2 fully saturated rings. The molecule has 0 spiro atoms. The molecule has 152 valence electrons. The Labute approximate surface area is 168 Å². The second-order valence-electron chi connectivity index (χ2n) is 8.23. The molecule has 0 radical (unpaired) electrons. The summed E-state index contributed by atoms with van der Waals surface area (Å²) in [5.74, 6) is 1.61. The highest BCUT2D eigenvalue weighted by atomic mass is 16.5.